The van der Waals surface area contributed by atoms with Gasteiger partial charge < -0.3 is 14.6 Å². The van der Waals surface area contributed by atoms with Crippen LogP contribution in [0, 0.1) is 31.3 Å². The fourth-order valence-corrected chi connectivity index (χ4v) is 3.12. The first-order valence-corrected chi connectivity index (χ1v) is 9.32. The summed E-state index contributed by atoms with van der Waals surface area (Å²) < 4.78 is 47.5. The zero-order chi connectivity index (χ0) is 22.7. The van der Waals surface area contributed by atoms with Gasteiger partial charge >= 0.3 is 0 Å². The quantitative estimate of drug-likeness (QED) is 0.472. The van der Waals surface area contributed by atoms with Crippen LogP contribution in [0.1, 0.15) is 22.3 Å². The molecule has 0 atom stereocenters. The van der Waals surface area contributed by atoms with E-state index in [-0.39, 0.29) is 23.6 Å². The van der Waals surface area contributed by atoms with Crippen molar-refractivity contribution in [2.75, 3.05) is 19.5 Å². The van der Waals surface area contributed by atoms with Crippen molar-refractivity contribution >= 4 is 17.9 Å². The van der Waals surface area contributed by atoms with Crippen LogP contribution >= 0.6 is 0 Å². The van der Waals surface area contributed by atoms with E-state index in [1.54, 1.807) is 7.11 Å². The normalized spacial score (nSPS) is 11.2. The SMILES string of the molecule is C/N=C/c1cn(Cc2cc(F)c(F)c(F)c2)c(Nc2cc(C)c(OC)cc2C)nc1=O. The van der Waals surface area contributed by atoms with Crippen LogP contribution in [-0.4, -0.2) is 29.9 Å². The molecule has 3 aromatic rings. The van der Waals surface area contributed by atoms with Gasteiger partial charge in [-0.05, 0) is 54.8 Å². The smallest absolute Gasteiger partial charge is 0.283 e. The Hall–Kier alpha value is -3.62. The number of halogens is 3. The van der Waals surface area contributed by atoms with Crippen LogP contribution in [0.5, 0.6) is 5.75 Å². The number of benzene rings is 2. The Morgan fingerprint density at radius 3 is 2.42 bits per heavy atom. The van der Waals surface area contributed by atoms with Crippen molar-refractivity contribution in [2.24, 2.45) is 4.99 Å². The lowest BCUT2D eigenvalue weighted by Crippen LogP contribution is -2.21. The van der Waals surface area contributed by atoms with E-state index in [0.29, 0.717) is 11.4 Å². The molecule has 162 valence electrons. The highest BCUT2D eigenvalue weighted by atomic mass is 19.2. The summed E-state index contributed by atoms with van der Waals surface area (Å²) in [5.74, 6) is -3.27. The van der Waals surface area contributed by atoms with Gasteiger partial charge in [0.2, 0.25) is 5.95 Å². The molecule has 2 aromatic carbocycles. The molecule has 1 aromatic heterocycles. The standard InChI is InChI=1S/C22H21F3N4O2/c1-12-6-19(31-4)13(2)5-18(12)27-22-28-21(30)15(9-26-3)11-29(22)10-14-7-16(23)20(25)17(24)8-14/h5-9,11H,10H2,1-4H3,(H,27,28,30)/b26-9+. The Morgan fingerprint density at radius 1 is 1.13 bits per heavy atom. The van der Waals surface area contributed by atoms with Crippen molar-refractivity contribution in [1.82, 2.24) is 9.55 Å². The molecule has 6 nitrogen and oxygen atoms in total. The number of methoxy groups -OCH3 is 1. The molecule has 0 amide bonds. The number of nitrogens with zero attached hydrogens (tertiary/aromatic N) is 3. The van der Waals surface area contributed by atoms with Gasteiger partial charge in [-0.1, -0.05) is 0 Å². The molecule has 9 heteroatoms. The van der Waals surface area contributed by atoms with E-state index in [0.717, 1.165) is 23.3 Å². The average molecular weight is 430 g/mol. The molecule has 0 spiro atoms. The monoisotopic (exact) mass is 430 g/mol. The lowest BCUT2D eigenvalue weighted by molar-refractivity contribution is 0.411. The summed E-state index contributed by atoms with van der Waals surface area (Å²) in [6.07, 6.45) is 2.81. The van der Waals surface area contributed by atoms with E-state index in [1.807, 2.05) is 26.0 Å². The minimum Gasteiger partial charge on any atom is -0.496 e. The topological polar surface area (TPSA) is 68.5 Å². The van der Waals surface area contributed by atoms with Crippen molar-refractivity contribution in [2.45, 2.75) is 20.4 Å². The largest absolute Gasteiger partial charge is 0.496 e. The Kier molecular flexibility index (Phi) is 6.43. The molecule has 1 N–H and O–H groups in total. The molecule has 0 unspecified atom stereocenters. The number of anilines is 2. The molecule has 0 saturated heterocycles. The summed E-state index contributed by atoms with van der Waals surface area (Å²) >= 11 is 0. The van der Waals surface area contributed by atoms with Crippen LogP contribution in [0.25, 0.3) is 0 Å². The first kappa shape index (κ1) is 22.1. The van der Waals surface area contributed by atoms with Crippen LogP contribution < -0.4 is 15.6 Å². The van der Waals surface area contributed by atoms with Crippen LogP contribution in [0.2, 0.25) is 0 Å². The predicted molar refractivity (Wildman–Crippen MR) is 113 cm³/mol. The average Bonchev–Trinajstić information content (AvgIpc) is 2.71. The highest BCUT2D eigenvalue weighted by Crippen LogP contribution is 2.28. The molecule has 0 aliphatic carbocycles. The zero-order valence-electron chi connectivity index (χ0n) is 17.5. The van der Waals surface area contributed by atoms with Crippen molar-refractivity contribution in [1.29, 1.82) is 0 Å². The van der Waals surface area contributed by atoms with Gasteiger partial charge in [-0.25, -0.2) is 13.2 Å². The summed E-state index contributed by atoms with van der Waals surface area (Å²) in [6, 6.07) is 5.47. The van der Waals surface area contributed by atoms with E-state index in [4.69, 9.17) is 4.74 Å². The zero-order valence-corrected chi connectivity index (χ0v) is 17.5. The van der Waals surface area contributed by atoms with Crippen molar-refractivity contribution in [3.8, 4) is 5.75 Å². The third-order valence-corrected chi connectivity index (χ3v) is 4.67. The number of hydrogen-bond acceptors (Lipinski definition) is 5. The summed E-state index contributed by atoms with van der Waals surface area (Å²) in [5.41, 5.74) is 2.20. The number of nitrogens with one attached hydrogen (secondary N) is 1. The van der Waals surface area contributed by atoms with Gasteiger partial charge in [0.05, 0.1) is 19.2 Å². The molecule has 3 rings (SSSR count). The summed E-state index contributed by atoms with van der Waals surface area (Å²) in [7, 11) is 3.08. The lowest BCUT2D eigenvalue weighted by Gasteiger charge is -2.17. The van der Waals surface area contributed by atoms with Gasteiger partial charge in [0.1, 0.15) is 5.75 Å². The molecule has 0 radical (unpaired) electrons. The van der Waals surface area contributed by atoms with E-state index in [9.17, 15) is 18.0 Å². The third-order valence-electron chi connectivity index (χ3n) is 4.67. The molecular formula is C22H21F3N4O2. The second-order valence-corrected chi connectivity index (χ2v) is 6.98. The second kappa shape index (κ2) is 9.03. The minimum atomic E-state index is -1.54. The molecule has 0 fully saturated rings. The van der Waals surface area contributed by atoms with E-state index < -0.39 is 23.0 Å². The summed E-state index contributed by atoms with van der Waals surface area (Å²) in [5, 5.41) is 3.09. The highest BCUT2D eigenvalue weighted by molar-refractivity contribution is 5.78. The molecule has 1 heterocycles. The summed E-state index contributed by atoms with van der Waals surface area (Å²) in [6.45, 7) is 3.66. The van der Waals surface area contributed by atoms with Gasteiger partial charge in [-0.2, -0.15) is 4.98 Å². The fourth-order valence-electron chi connectivity index (χ4n) is 3.12. The predicted octanol–water partition coefficient (Wildman–Crippen LogP) is 4.13. The number of aromatic nitrogens is 2. The number of hydrogen-bond donors (Lipinski definition) is 1. The number of aliphatic imine (C=N–C) groups is 1. The molecule has 0 bridgehead atoms. The Labute approximate surface area is 177 Å². The van der Waals surface area contributed by atoms with Crippen LogP contribution in [0.4, 0.5) is 24.8 Å². The maximum absolute atomic E-state index is 13.7. The van der Waals surface area contributed by atoms with Crippen molar-refractivity contribution < 1.29 is 17.9 Å². The maximum Gasteiger partial charge on any atom is 0.283 e. The first-order valence-electron chi connectivity index (χ1n) is 9.32. The summed E-state index contributed by atoms with van der Waals surface area (Å²) in [4.78, 5) is 20.3. The van der Waals surface area contributed by atoms with E-state index >= 15 is 0 Å². The minimum absolute atomic E-state index is 0.0670. The van der Waals surface area contributed by atoms with Crippen molar-refractivity contribution in [3.63, 3.8) is 0 Å². The second-order valence-electron chi connectivity index (χ2n) is 6.98. The molecule has 0 aliphatic heterocycles. The molecular weight excluding hydrogens is 409 g/mol. The molecule has 31 heavy (non-hydrogen) atoms. The van der Waals surface area contributed by atoms with Crippen molar-refractivity contribution in [3.05, 3.63) is 80.5 Å². The van der Waals surface area contributed by atoms with Crippen LogP contribution in [0.3, 0.4) is 0 Å². The highest BCUT2D eigenvalue weighted by Gasteiger charge is 2.14. The van der Waals surface area contributed by atoms with E-state index in [1.165, 1.54) is 24.0 Å². The molecule has 0 aliphatic rings. The molecule has 0 saturated carbocycles. The first-order chi connectivity index (χ1) is 14.7. The van der Waals surface area contributed by atoms with Gasteiger partial charge in [0.25, 0.3) is 5.56 Å². The van der Waals surface area contributed by atoms with Gasteiger partial charge in [0, 0.05) is 25.1 Å². The van der Waals surface area contributed by atoms with Crippen LogP contribution in [0.15, 0.2) is 40.2 Å². The Bertz CT molecular complexity index is 1200. The maximum atomic E-state index is 13.7. The third kappa shape index (κ3) is 4.76. The number of rotatable bonds is 6. The lowest BCUT2D eigenvalue weighted by atomic mass is 10.1. The Morgan fingerprint density at radius 2 is 1.81 bits per heavy atom. The van der Waals surface area contributed by atoms with E-state index in [2.05, 4.69) is 15.3 Å². The van der Waals surface area contributed by atoms with Gasteiger partial charge in [0.15, 0.2) is 17.5 Å². The van der Waals surface area contributed by atoms with Crippen LogP contribution in [-0.2, 0) is 6.54 Å². The number of ether oxygens (including phenoxy) is 1. The number of aryl methyl sites for hydroxylation is 2. The van der Waals surface area contributed by atoms with Gasteiger partial charge in [-0.3, -0.25) is 9.79 Å². The Balaban J connectivity index is 2.09. The van der Waals surface area contributed by atoms with Gasteiger partial charge in [-0.15, -0.1) is 0 Å². The fraction of sp³-hybridized carbons (Fsp3) is 0.227.